The zero-order chi connectivity index (χ0) is 13.1. The van der Waals surface area contributed by atoms with E-state index in [0.29, 0.717) is 17.8 Å². The number of carbonyl (C=O) groups excluding carboxylic acids is 1. The molecule has 3 unspecified atom stereocenters. The van der Waals surface area contributed by atoms with Crippen molar-refractivity contribution in [3.05, 3.63) is 22.4 Å². The van der Waals surface area contributed by atoms with E-state index in [1.54, 1.807) is 0 Å². The molecule has 1 aromatic rings. The van der Waals surface area contributed by atoms with Crippen LogP contribution in [0.2, 0.25) is 0 Å². The summed E-state index contributed by atoms with van der Waals surface area (Å²) in [6.07, 6.45) is 3.56. The van der Waals surface area contributed by atoms with Gasteiger partial charge in [0.2, 0.25) is 0 Å². The number of rotatable bonds is 3. The predicted octanol–water partition coefficient (Wildman–Crippen LogP) is 4.37. The van der Waals surface area contributed by atoms with Crippen molar-refractivity contribution in [3.63, 3.8) is 0 Å². The van der Waals surface area contributed by atoms with Gasteiger partial charge < -0.3 is 4.74 Å². The second-order valence-corrected chi connectivity index (χ2v) is 6.69. The van der Waals surface area contributed by atoms with Gasteiger partial charge in [-0.05, 0) is 42.0 Å². The van der Waals surface area contributed by atoms with Crippen LogP contribution in [-0.4, -0.2) is 12.1 Å². The van der Waals surface area contributed by atoms with E-state index in [0.717, 1.165) is 11.3 Å². The number of esters is 1. The van der Waals surface area contributed by atoms with Gasteiger partial charge in [0, 0.05) is 0 Å². The fraction of sp³-hybridized carbons (Fsp3) is 0.667. The average molecular weight is 266 g/mol. The molecule has 0 bridgehead atoms. The topological polar surface area (TPSA) is 26.3 Å². The summed E-state index contributed by atoms with van der Waals surface area (Å²) in [5, 5.41) is 1.92. The lowest BCUT2D eigenvalue weighted by Gasteiger charge is -2.36. The Morgan fingerprint density at radius 1 is 1.44 bits per heavy atom. The van der Waals surface area contributed by atoms with Crippen LogP contribution in [0.15, 0.2) is 17.5 Å². The molecule has 0 radical (unpaired) electrons. The van der Waals surface area contributed by atoms with E-state index in [9.17, 15) is 4.79 Å². The van der Waals surface area contributed by atoms with Gasteiger partial charge in [-0.15, -0.1) is 11.3 Å². The van der Waals surface area contributed by atoms with Crippen LogP contribution in [0, 0.1) is 17.8 Å². The van der Waals surface area contributed by atoms with Crippen LogP contribution in [0.1, 0.15) is 49.7 Å². The molecule has 0 aliphatic heterocycles. The van der Waals surface area contributed by atoms with E-state index in [1.807, 2.05) is 17.5 Å². The lowest BCUT2D eigenvalue weighted by Crippen LogP contribution is -2.35. The summed E-state index contributed by atoms with van der Waals surface area (Å²) in [5.41, 5.74) is 0. The number of ether oxygens (including phenoxy) is 1. The largest absolute Gasteiger partial charge is 0.458 e. The summed E-state index contributed by atoms with van der Waals surface area (Å²) in [5.74, 6) is 1.62. The predicted molar refractivity (Wildman–Crippen MR) is 74.9 cm³/mol. The van der Waals surface area contributed by atoms with Gasteiger partial charge in [0.05, 0.1) is 0 Å². The zero-order valence-corrected chi connectivity index (χ0v) is 12.2. The van der Waals surface area contributed by atoms with Gasteiger partial charge in [-0.1, -0.05) is 33.3 Å². The molecule has 1 heterocycles. The number of hydrogen-bond acceptors (Lipinski definition) is 3. The molecule has 0 spiro atoms. The van der Waals surface area contributed by atoms with E-state index in [4.69, 9.17) is 4.74 Å². The SMILES string of the molecule is CC1CCC(C(C)C)C(OC(=O)c2cccs2)C1. The molecule has 1 aromatic heterocycles. The lowest BCUT2D eigenvalue weighted by molar-refractivity contribution is -0.0169. The average Bonchev–Trinajstić information content (AvgIpc) is 2.81. The van der Waals surface area contributed by atoms with Gasteiger partial charge in [-0.3, -0.25) is 0 Å². The monoisotopic (exact) mass is 266 g/mol. The molecule has 3 heteroatoms. The van der Waals surface area contributed by atoms with Gasteiger partial charge in [0.1, 0.15) is 11.0 Å². The van der Waals surface area contributed by atoms with Crippen molar-refractivity contribution in [2.75, 3.05) is 0 Å². The highest BCUT2D eigenvalue weighted by molar-refractivity contribution is 7.11. The number of hydrogen-bond donors (Lipinski definition) is 0. The first kappa shape index (κ1) is 13.6. The molecule has 1 aliphatic carbocycles. The van der Waals surface area contributed by atoms with E-state index >= 15 is 0 Å². The van der Waals surface area contributed by atoms with Crippen molar-refractivity contribution in [1.29, 1.82) is 0 Å². The molecule has 1 fully saturated rings. The maximum atomic E-state index is 12.0. The molecular weight excluding hydrogens is 244 g/mol. The standard InChI is InChI=1S/C15H22O2S/c1-10(2)12-7-6-11(3)9-13(12)17-15(16)14-5-4-8-18-14/h4-5,8,10-13H,6-7,9H2,1-3H3. The first-order valence-electron chi connectivity index (χ1n) is 6.82. The van der Waals surface area contributed by atoms with Crippen molar-refractivity contribution < 1.29 is 9.53 Å². The molecule has 0 aromatic carbocycles. The first-order valence-corrected chi connectivity index (χ1v) is 7.70. The summed E-state index contributed by atoms with van der Waals surface area (Å²) in [6, 6.07) is 3.73. The second-order valence-electron chi connectivity index (χ2n) is 5.75. The van der Waals surface area contributed by atoms with E-state index in [2.05, 4.69) is 20.8 Å². The third kappa shape index (κ3) is 3.14. The van der Waals surface area contributed by atoms with Gasteiger partial charge in [-0.25, -0.2) is 4.79 Å². The Morgan fingerprint density at radius 2 is 2.22 bits per heavy atom. The maximum absolute atomic E-state index is 12.0. The highest BCUT2D eigenvalue weighted by Gasteiger charge is 2.33. The van der Waals surface area contributed by atoms with E-state index in [1.165, 1.54) is 24.2 Å². The van der Waals surface area contributed by atoms with Crippen LogP contribution in [0.25, 0.3) is 0 Å². The molecule has 0 N–H and O–H groups in total. The lowest BCUT2D eigenvalue weighted by atomic mass is 9.75. The molecule has 18 heavy (non-hydrogen) atoms. The van der Waals surface area contributed by atoms with Crippen LogP contribution in [0.4, 0.5) is 0 Å². The molecule has 2 nitrogen and oxygen atoms in total. The maximum Gasteiger partial charge on any atom is 0.348 e. The van der Waals surface area contributed by atoms with Crippen molar-refractivity contribution in [2.24, 2.45) is 17.8 Å². The van der Waals surface area contributed by atoms with Crippen LogP contribution < -0.4 is 0 Å². The Hall–Kier alpha value is -0.830. The Morgan fingerprint density at radius 3 is 2.83 bits per heavy atom. The Kier molecular flexibility index (Phi) is 4.44. The summed E-state index contributed by atoms with van der Waals surface area (Å²) in [4.78, 5) is 12.8. The van der Waals surface area contributed by atoms with Crippen LogP contribution in [0.5, 0.6) is 0 Å². The third-order valence-corrected chi connectivity index (χ3v) is 4.79. The Balaban J connectivity index is 2.02. The molecule has 0 saturated heterocycles. The van der Waals surface area contributed by atoms with Crippen LogP contribution in [0.3, 0.4) is 0 Å². The third-order valence-electron chi connectivity index (χ3n) is 3.94. The summed E-state index contributed by atoms with van der Waals surface area (Å²) >= 11 is 1.46. The fourth-order valence-corrected chi connectivity index (χ4v) is 3.45. The van der Waals surface area contributed by atoms with Crippen molar-refractivity contribution >= 4 is 17.3 Å². The Labute approximate surface area is 113 Å². The van der Waals surface area contributed by atoms with Crippen molar-refractivity contribution in [1.82, 2.24) is 0 Å². The Bertz CT molecular complexity index is 383. The molecule has 3 atom stereocenters. The van der Waals surface area contributed by atoms with Gasteiger partial charge >= 0.3 is 5.97 Å². The van der Waals surface area contributed by atoms with Gasteiger partial charge in [-0.2, -0.15) is 0 Å². The fourth-order valence-electron chi connectivity index (χ4n) is 2.84. The molecule has 100 valence electrons. The quantitative estimate of drug-likeness (QED) is 0.760. The summed E-state index contributed by atoms with van der Waals surface area (Å²) in [7, 11) is 0. The molecule has 2 rings (SSSR count). The minimum absolute atomic E-state index is 0.100. The first-order chi connectivity index (χ1) is 8.58. The van der Waals surface area contributed by atoms with Crippen LogP contribution in [-0.2, 0) is 4.74 Å². The minimum Gasteiger partial charge on any atom is -0.458 e. The highest BCUT2D eigenvalue weighted by atomic mass is 32.1. The normalized spacial score (nSPS) is 28.3. The zero-order valence-electron chi connectivity index (χ0n) is 11.4. The second kappa shape index (κ2) is 5.87. The molecule has 0 amide bonds. The minimum atomic E-state index is -0.144. The van der Waals surface area contributed by atoms with Crippen LogP contribution >= 0.6 is 11.3 Å². The number of thiophene rings is 1. The van der Waals surface area contributed by atoms with Crippen molar-refractivity contribution in [2.45, 2.75) is 46.1 Å². The van der Waals surface area contributed by atoms with E-state index < -0.39 is 0 Å². The summed E-state index contributed by atoms with van der Waals surface area (Å²) < 4.78 is 5.75. The molecule has 1 saturated carbocycles. The smallest absolute Gasteiger partial charge is 0.348 e. The van der Waals surface area contributed by atoms with Gasteiger partial charge in [0.25, 0.3) is 0 Å². The number of carbonyl (C=O) groups is 1. The van der Waals surface area contributed by atoms with E-state index in [-0.39, 0.29) is 12.1 Å². The molecule has 1 aliphatic rings. The van der Waals surface area contributed by atoms with Crippen molar-refractivity contribution in [3.8, 4) is 0 Å². The molecular formula is C15H22O2S. The summed E-state index contributed by atoms with van der Waals surface area (Å²) in [6.45, 7) is 6.71. The highest BCUT2D eigenvalue weighted by Crippen LogP contribution is 2.35. The van der Waals surface area contributed by atoms with Gasteiger partial charge in [0.15, 0.2) is 0 Å².